The fraction of sp³-hybridized carbons (Fsp3) is 0.455. The fourth-order valence-electron chi connectivity index (χ4n) is 3.79. The normalized spacial score (nSPS) is 20.6. The molecule has 25 heavy (non-hydrogen) atoms. The third-order valence-electron chi connectivity index (χ3n) is 5.39. The van der Waals surface area contributed by atoms with Gasteiger partial charge in [0.2, 0.25) is 0 Å². The monoisotopic (exact) mass is 339 g/mol. The van der Waals surface area contributed by atoms with E-state index < -0.39 is 0 Å². The first-order valence-electron chi connectivity index (χ1n) is 9.30. The van der Waals surface area contributed by atoms with Crippen LogP contribution in [0.2, 0.25) is 0 Å². The molecule has 1 fully saturated rings. The van der Waals surface area contributed by atoms with Crippen molar-refractivity contribution in [1.82, 2.24) is 4.90 Å². The first-order valence-corrected chi connectivity index (χ1v) is 9.30. The highest BCUT2D eigenvalue weighted by Gasteiger charge is 2.24. The Kier molecular flexibility index (Phi) is 5.98. The molecule has 1 N–H and O–H groups in total. The molecule has 0 bridgehead atoms. The van der Waals surface area contributed by atoms with Crippen LogP contribution in [0.25, 0.3) is 0 Å². The third kappa shape index (κ3) is 4.99. The zero-order chi connectivity index (χ0) is 17.6. The number of phenolic OH excluding ortho intramolecular Hbond substituents is 1. The Morgan fingerprint density at radius 2 is 1.76 bits per heavy atom. The van der Waals surface area contributed by atoms with E-state index in [1.807, 2.05) is 12.1 Å². The van der Waals surface area contributed by atoms with Gasteiger partial charge in [-0.3, -0.25) is 0 Å². The van der Waals surface area contributed by atoms with Gasteiger partial charge in [-0.15, -0.1) is 0 Å². The lowest BCUT2D eigenvalue weighted by Gasteiger charge is -2.34. The number of ether oxygens (including phenoxy) is 1. The third-order valence-corrected chi connectivity index (χ3v) is 5.39. The molecule has 3 heteroatoms. The second-order valence-electron chi connectivity index (χ2n) is 7.24. The molecule has 3 nitrogen and oxygen atoms in total. The standard InChI is InChI=1S/C22H29NO2/c1-17-4-3-5-22(16-17)25-15-14-23(2)20-10-6-18(7-11-20)19-8-12-21(24)13-9-19/h3-5,8-9,12-13,16,18,20,24H,6-7,10-11,14-15H2,1-2H3. The molecule has 0 unspecified atom stereocenters. The molecular weight excluding hydrogens is 310 g/mol. The Bertz CT molecular complexity index is 660. The molecule has 2 aromatic rings. The van der Waals surface area contributed by atoms with E-state index in [1.54, 1.807) is 12.1 Å². The van der Waals surface area contributed by atoms with E-state index in [9.17, 15) is 5.11 Å². The van der Waals surface area contributed by atoms with Crippen molar-refractivity contribution in [3.05, 3.63) is 59.7 Å². The Morgan fingerprint density at radius 3 is 2.44 bits per heavy atom. The number of likely N-dealkylation sites (N-methyl/N-ethyl adjacent to an activating group) is 1. The summed E-state index contributed by atoms with van der Waals surface area (Å²) < 4.78 is 5.88. The molecule has 0 spiro atoms. The Hall–Kier alpha value is -2.00. The second-order valence-corrected chi connectivity index (χ2v) is 7.24. The van der Waals surface area contributed by atoms with Crippen molar-refractivity contribution < 1.29 is 9.84 Å². The van der Waals surface area contributed by atoms with Crippen LogP contribution in [-0.2, 0) is 0 Å². The summed E-state index contributed by atoms with van der Waals surface area (Å²) in [6.45, 7) is 3.78. The van der Waals surface area contributed by atoms with E-state index >= 15 is 0 Å². The number of rotatable bonds is 6. The SMILES string of the molecule is Cc1cccc(OCCN(C)C2CCC(c3ccc(O)cc3)CC2)c1. The van der Waals surface area contributed by atoms with Gasteiger partial charge in [-0.2, -0.15) is 0 Å². The maximum atomic E-state index is 9.43. The quantitative estimate of drug-likeness (QED) is 0.825. The number of hydrogen-bond donors (Lipinski definition) is 1. The minimum Gasteiger partial charge on any atom is -0.508 e. The maximum Gasteiger partial charge on any atom is 0.119 e. The summed E-state index contributed by atoms with van der Waals surface area (Å²) in [5, 5.41) is 9.43. The summed E-state index contributed by atoms with van der Waals surface area (Å²) in [5.74, 6) is 1.95. The van der Waals surface area contributed by atoms with Gasteiger partial charge in [-0.25, -0.2) is 0 Å². The van der Waals surface area contributed by atoms with Crippen molar-refractivity contribution in [1.29, 1.82) is 0 Å². The number of aromatic hydroxyl groups is 1. The zero-order valence-electron chi connectivity index (χ0n) is 15.3. The molecule has 0 radical (unpaired) electrons. The van der Waals surface area contributed by atoms with E-state index in [4.69, 9.17) is 4.74 Å². The van der Waals surface area contributed by atoms with Crippen LogP contribution >= 0.6 is 0 Å². The van der Waals surface area contributed by atoms with Gasteiger partial charge in [0.05, 0.1) is 0 Å². The molecule has 1 saturated carbocycles. The minimum atomic E-state index is 0.353. The van der Waals surface area contributed by atoms with E-state index in [0.29, 0.717) is 17.7 Å². The van der Waals surface area contributed by atoms with Crippen molar-refractivity contribution in [3.8, 4) is 11.5 Å². The topological polar surface area (TPSA) is 32.7 Å². The molecule has 2 aromatic carbocycles. The number of benzene rings is 2. The van der Waals surface area contributed by atoms with Crippen LogP contribution in [0, 0.1) is 6.92 Å². The van der Waals surface area contributed by atoms with Gasteiger partial charge >= 0.3 is 0 Å². The van der Waals surface area contributed by atoms with Crippen LogP contribution in [-0.4, -0.2) is 36.2 Å². The van der Waals surface area contributed by atoms with Gasteiger partial charge in [0.25, 0.3) is 0 Å². The van der Waals surface area contributed by atoms with Crippen molar-refractivity contribution in [2.75, 3.05) is 20.2 Å². The highest BCUT2D eigenvalue weighted by Crippen LogP contribution is 2.34. The summed E-state index contributed by atoms with van der Waals surface area (Å²) in [7, 11) is 2.21. The average Bonchev–Trinajstić information content (AvgIpc) is 2.62. The van der Waals surface area contributed by atoms with Crippen molar-refractivity contribution >= 4 is 0 Å². The van der Waals surface area contributed by atoms with Crippen LogP contribution in [0.3, 0.4) is 0 Å². The van der Waals surface area contributed by atoms with Gasteiger partial charge in [-0.1, -0.05) is 24.3 Å². The van der Waals surface area contributed by atoms with Crippen LogP contribution in [0.15, 0.2) is 48.5 Å². The molecule has 0 aromatic heterocycles. The lowest BCUT2D eigenvalue weighted by atomic mass is 9.81. The summed E-state index contributed by atoms with van der Waals surface area (Å²) in [6.07, 6.45) is 4.90. The Morgan fingerprint density at radius 1 is 1.04 bits per heavy atom. The van der Waals surface area contributed by atoms with E-state index in [-0.39, 0.29) is 0 Å². The van der Waals surface area contributed by atoms with Crippen LogP contribution in [0.4, 0.5) is 0 Å². The summed E-state index contributed by atoms with van der Waals surface area (Å²) >= 11 is 0. The van der Waals surface area contributed by atoms with Crippen LogP contribution in [0.5, 0.6) is 11.5 Å². The van der Waals surface area contributed by atoms with E-state index in [0.717, 1.165) is 18.9 Å². The van der Waals surface area contributed by atoms with Crippen LogP contribution < -0.4 is 4.74 Å². The molecule has 3 rings (SSSR count). The average molecular weight is 339 g/mol. The van der Waals surface area contributed by atoms with Crippen LogP contribution in [0.1, 0.15) is 42.7 Å². The maximum absolute atomic E-state index is 9.43. The van der Waals surface area contributed by atoms with E-state index in [2.05, 4.69) is 43.1 Å². The largest absolute Gasteiger partial charge is 0.508 e. The van der Waals surface area contributed by atoms with E-state index in [1.165, 1.54) is 36.8 Å². The minimum absolute atomic E-state index is 0.353. The number of nitrogens with zero attached hydrogens (tertiary/aromatic N) is 1. The fourth-order valence-corrected chi connectivity index (χ4v) is 3.79. The lowest BCUT2D eigenvalue weighted by molar-refractivity contribution is 0.154. The molecule has 0 atom stereocenters. The van der Waals surface area contributed by atoms with Gasteiger partial charge in [0, 0.05) is 12.6 Å². The smallest absolute Gasteiger partial charge is 0.119 e. The first kappa shape index (κ1) is 17.8. The highest BCUT2D eigenvalue weighted by molar-refractivity contribution is 5.29. The molecule has 0 amide bonds. The van der Waals surface area contributed by atoms with Gasteiger partial charge in [0.1, 0.15) is 18.1 Å². The summed E-state index contributed by atoms with van der Waals surface area (Å²) in [4.78, 5) is 2.45. The predicted octanol–water partition coefficient (Wildman–Crippen LogP) is 4.74. The summed E-state index contributed by atoms with van der Waals surface area (Å²) in [6, 6.07) is 16.6. The molecule has 0 heterocycles. The summed E-state index contributed by atoms with van der Waals surface area (Å²) in [5.41, 5.74) is 2.60. The number of aryl methyl sites for hydroxylation is 1. The van der Waals surface area contributed by atoms with Gasteiger partial charge in [-0.05, 0) is 81.0 Å². The predicted molar refractivity (Wildman–Crippen MR) is 102 cm³/mol. The Balaban J connectivity index is 1.42. The first-order chi connectivity index (χ1) is 12.1. The molecular formula is C22H29NO2. The van der Waals surface area contributed by atoms with Crippen molar-refractivity contribution in [3.63, 3.8) is 0 Å². The molecule has 1 aliphatic carbocycles. The molecule has 1 aliphatic rings. The van der Waals surface area contributed by atoms with Gasteiger partial charge in [0.15, 0.2) is 0 Å². The Labute approximate surface area is 151 Å². The van der Waals surface area contributed by atoms with Crippen molar-refractivity contribution in [2.24, 2.45) is 0 Å². The lowest BCUT2D eigenvalue weighted by Crippen LogP contribution is -2.37. The molecule has 134 valence electrons. The molecule has 0 saturated heterocycles. The number of hydrogen-bond acceptors (Lipinski definition) is 3. The highest BCUT2D eigenvalue weighted by atomic mass is 16.5. The zero-order valence-corrected chi connectivity index (χ0v) is 15.3. The number of phenols is 1. The second kappa shape index (κ2) is 8.39. The van der Waals surface area contributed by atoms with Gasteiger partial charge < -0.3 is 14.7 Å². The molecule has 0 aliphatic heterocycles. The van der Waals surface area contributed by atoms with Crippen molar-refractivity contribution in [2.45, 2.75) is 44.6 Å².